The minimum absolute atomic E-state index is 0.00243. The predicted molar refractivity (Wildman–Crippen MR) is 142 cm³/mol. The summed E-state index contributed by atoms with van der Waals surface area (Å²) in [6.07, 6.45) is 4.14. The molecular weight excluding hydrogens is 512 g/mol. The fourth-order valence-electron chi connectivity index (χ4n) is 4.90. The van der Waals surface area contributed by atoms with Crippen LogP contribution < -0.4 is 15.5 Å². The minimum Gasteiger partial charge on any atom is -0.447 e. The van der Waals surface area contributed by atoms with Crippen LogP contribution in [0.15, 0.2) is 34.9 Å². The van der Waals surface area contributed by atoms with Gasteiger partial charge in [-0.3, -0.25) is 14.4 Å². The molecule has 4 heterocycles. The summed E-state index contributed by atoms with van der Waals surface area (Å²) in [6.45, 7) is 1.24. The number of furan rings is 1. The molecule has 0 unspecified atom stereocenters. The highest BCUT2D eigenvalue weighted by Crippen LogP contribution is 2.34. The molecular formula is C26H29ClN6O5. The van der Waals surface area contributed by atoms with Gasteiger partial charge < -0.3 is 29.6 Å². The van der Waals surface area contributed by atoms with Crippen molar-refractivity contribution in [3.05, 3.63) is 41.2 Å². The quantitative estimate of drug-likeness (QED) is 0.485. The molecule has 3 aromatic heterocycles. The molecule has 12 heteroatoms. The van der Waals surface area contributed by atoms with Gasteiger partial charge in [-0.25, -0.2) is 9.97 Å². The number of ether oxygens (including phenoxy) is 1. The second-order valence-electron chi connectivity index (χ2n) is 9.67. The van der Waals surface area contributed by atoms with Crippen LogP contribution >= 0.6 is 11.6 Å². The zero-order valence-corrected chi connectivity index (χ0v) is 22.0. The van der Waals surface area contributed by atoms with Gasteiger partial charge in [0.05, 0.1) is 11.6 Å². The SMILES string of the molecule is CN(C)c1ccc2oc(C(=O)Nc3ccc(Cl)cn3)c(NC(=O)C3CCC(N4CCOCC4=O)CC3)c2n1. The summed E-state index contributed by atoms with van der Waals surface area (Å²) < 4.78 is 11.1. The Morgan fingerprint density at radius 1 is 1.11 bits per heavy atom. The smallest absolute Gasteiger partial charge is 0.294 e. The van der Waals surface area contributed by atoms with Crippen molar-refractivity contribution in [1.82, 2.24) is 14.9 Å². The molecule has 2 aliphatic rings. The van der Waals surface area contributed by atoms with E-state index in [9.17, 15) is 14.4 Å². The zero-order valence-electron chi connectivity index (χ0n) is 21.2. The van der Waals surface area contributed by atoms with Crippen LogP contribution in [0.1, 0.15) is 36.2 Å². The lowest BCUT2D eigenvalue weighted by molar-refractivity contribution is -0.146. The van der Waals surface area contributed by atoms with E-state index in [1.165, 1.54) is 6.20 Å². The third-order valence-electron chi connectivity index (χ3n) is 6.93. The first-order chi connectivity index (χ1) is 18.3. The maximum atomic E-state index is 13.4. The lowest BCUT2D eigenvalue weighted by Gasteiger charge is -2.38. The van der Waals surface area contributed by atoms with Crippen molar-refractivity contribution < 1.29 is 23.5 Å². The number of morpholine rings is 1. The van der Waals surface area contributed by atoms with Crippen LogP contribution in [-0.4, -0.2) is 72.5 Å². The fraction of sp³-hybridized carbons (Fsp3) is 0.423. The summed E-state index contributed by atoms with van der Waals surface area (Å²) in [5, 5.41) is 6.05. The normalized spacial score (nSPS) is 19.9. The number of nitrogens with zero attached hydrogens (tertiary/aromatic N) is 4. The summed E-state index contributed by atoms with van der Waals surface area (Å²) in [4.78, 5) is 51.2. The summed E-state index contributed by atoms with van der Waals surface area (Å²) in [5.41, 5.74) is 0.965. The molecule has 1 saturated heterocycles. The molecule has 3 aromatic rings. The Labute approximate surface area is 224 Å². The number of fused-ring (bicyclic) bond motifs is 1. The van der Waals surface area contributed by atoms with E-state index in [-0.39, 0.29) is 47.6 Å². The first-order valence-electron chi connectivity index (χ1n) is 12.5. The third-order valence-corrected chi connectivity index (χ3v) is 7.16. The number of halogens is 1. The number of carbonyl (C=O) groups is 3. The van der Waals surface area contributed by atoms with Gasteiger partial charge in [-0.2, -0.15) is 0 Å². The molecule has 1 saturated carbocycles. The van der Waals surface area contributed by atoms with Crippen molar-refractivity contribution in [1.29, 1.82) is 0 Å². The highest BCUT2D eigenvalue weighted by atomic mass is 35.5. The van der Waals surface area contributed by atoms with Crippen LogP contribution in [0.2, 0.25) is 5.02 Å². The van der Waals surface area contributed by atoms with Gasteiger partial charge in [0.1, 0.15) is 29.4 Å². The standard InChI is InChI=1S/C26H29ClN6O5/c1-32(2)20-10-8-18-22(30-20)23(24(38-18)26(36)29-19-9-5-16(27)13-28-19)31-25(35)15-3-6-17(7-4-15)33-11-12-37-14-21(33)34/h5,8-10,13,15,17H,3-4,6-7,11-12,14H2,1-2H3,(H,31,35)(H,28,29,36). The minimum atomic E-state index is -0.575. The van der Waals surface area contributed by atoms with E-state index < -0.39 is 5.91 Å². The van der Waals surface area contributed by atoms with Crippen LogP contribution in [-0.2, 0) is 14.3 Å². The first-order valence-corrected chi connectivity index (χ1v) is 12.9. The van der Waals surface area contributed by atoms with Crippen LogP contribution in [0.4, 0.5) is 17.3 Å². The zero-order chi connectivity index (χ0) is 26.8. The van der Waals surface area contributed by atoms with Crippen molar-refractivity contribution in [2.45, 2.75) is 31.7 Å². The van der Waals surface area contributed by atoms with Crippen molar-refractivity contribution in [2.75, 3.05) is 49.4 Å². The predicted octanol–water partition coefficient (Wildman–Crippen LogP) is 3.55. The summed E-state index contributed by atoms with van der Waals surface area (Å²) in [6, 6.07) is 6.78. The summed E-state index contributed by atoms with van der Waals surface area (Å²) in [7, 11) is 3.70. The highest BCUT2D eigenvalue weighted by molar-refractivity contribution is 6.30. The van der Waals surface area contributed by atoms with E-state index in [1.54, 1.807) is 24.3 Å². The first kappa shape index (κ1) is 25.9. The van der Waals surface area contributed by atoms with Gasteiger partial charge in [0.2, 0.25) is 17.6 Å². The van der Waals surface area contributed by atoms with Crippen LogP contribution in [0.3, 0.4) is 0 Å². The van der Waals surface area contributed by atoms with Crippen molar-refractivity contribution >= 4 is 57.7 Å². The molecule has 0 bridgehead atoms. The van der Waals surface area contributed by atoms with Gasteiger partial charge in [0.25, 0.3) is 5.91 Å². The second kappa shape index (κ2) is 11.0. The van der Waals surface area contributed by atoms with E-state index in [0.717, 1.165) is 12.8 Å². The molecule has 0 radical (unpaired) electrons. The molecule has 0 aromatic carbocycles. The molecule has 2 fully saturated rings. The van der Waals surface area contributed by atoms with Crippen LogP contribution in [0, 0.1) is 5.92 Å². The third kappa shape index (κ3) is 5.44. The lowest BCUT2D eigenvalue weighted by atomic mass is 9.84. The van der Waals surface area contributed by atoms with Crippen LogP contribution in [0.5, 0.6) is 0 Å². The summed E-state index contributed by atoms with van der Waals surface area (Å²) in [5.74, 6) is -0.183. The largest absolute Gasteiger partial charge is 0.447 e. The van der Waals surface area contributed by atoms with Gasteiger partial charge in [0.15, 0.2) is 5.58 Å². The number of hydrogen-bond acceptors (Lipinski definition) is 8. The molecule has 1 aliphatic carbocycles. The maximum Gasteiger partial charge on any atom is 0.294 e. The Morgan fingerprint density at radius 3 is 2.58 bits per heavy atom. The highest BCUT2D eigenvalue weighted by Gasteiger charge is 2.34. The molecule has 11 nitrogen and oxygen atoms in total. The Balaban J connectivity index is 1.36. The van der Waals surface area contributed by atoms with E-state index >= 15 is 0 Å². The number of pyridine rings is 2. The second-order valence-corrected chi connectivity index (χ2v) is 10.1. The Kier molecular flexibility index (Phi) is 7.48. The van der Waals surface area contributed by atoms with Gasteiger partial charge >= 0.3 is 0 Å². The number of anilines is 3. The molecule has 200 valence electrons. The molecule has 1 aliphatic heterocycles. The average Bonchev–Trinajstić information content (AvgIpc) is 3.28. The number of amides is 3. The molecule has 3 amide bonds. The van der Waals surface area contributed by atoms with Crippen molar-refractivity contribution in [3.63, 3.8) is 0 Å². The number of carbonyl (C=O) groups excluding carboxylic acids is 3. The molecule has 5 rings (SSSR count). The van der Waals surface area contributed by atoms with Gasteiger partial charge in [-0.05, 0) is 49.9 Å². The van der Waals surface area contributed by atoms with Gasteiger partial charge in [-0.15, -0.1) is 0 Å². The molecule has 0 atom stereocenters. The topological polar surface area (TPSA) is 130 Å². The average molecular weight is 541 g/mol. The van der Waals surface area contributed by atoms with E-state index in [2.05, 4.69) is 20.6 Å². The molecule has 0 spiro atoms. The number of nitrogens with one attached hydrogen (secondary N) is 2. The maximum absolute atomic E-state index is 13.4. The number of aromatic nitrogens is 2. The lowest BCUT2D eigenvalue weighted by Crippen LogP contribution is -2.49. The van der Waals surface area contributed by atoms with Gasteiger partial charge in [-0.1, -0.05) is 11.6 Å². The Morgan fingerprint density at radius 2 is 1.89 bits per heavy atom. The van der Waals surface area contributed by atoms with E-state index in [0.29, 0.717) is 47.9 Å². The summed E-state index contributed by atoms with van der Waals surface area (Å²) >= 11 is 5.90. The fourth-order valence-corrected chi connectivity index (χ4v) is 5.02. The number of hydrogen-bond donors (Lipinski definition) is 2. The molecule has 38 heavy (non-hydrogen) atoms. The Hall–Kier alpha value is -3.70. The van der Waals surface area contributed by atoms with Crippen molar-refractivity contribution in [3.8, 4) is 0 Å². The van der Waals surface area contributed by atoms with Crippen LogP contribution in [0.25, 0.3) is 11.1 Å². The van der Waals surface area contributed by atoms with E-state index in [4.69, 9.17) is 20.8 Å². The molecule has 2 N–H and O–H groups in total. The van der Waals surface area contributed by atoms with Crippen molar-refractivity contribution in [2.24, 2.45) is 5.92 Å². The monoisotopic (exact) mass is 540 g/mol. The van der Waals surface area contributed by atoms with E-state index in [1.807, 2.05) is 23.9 Å². The Bertz CT molecular complexity index is 1350. The van der Waals surface area contributed by atoms with Gasteiger partial charge in [0, 0.05) is 38.8 Å². The number of rotatable bonds is 6.